The molecule has 0 fully saturated rings. The molecular weight excluding hydrogens is 442 g/mol. The van der Waals surface area contributed by atoms with E-state index in [0.29, 0.717) is 16.3 Å². The summed E-state index contributed by atoms with van der Waals surface area (Å²) in [4.78, 5) is 43.7. The summed E-state index contributed by atoms with van der Waals surface area (Å²) in [6, 6.07) is 5.94. The van der Waals surface area contributed by atoms with E-state index in [2.05, 4.69) is 4.98 Å². The number of esters is 1. The summed E-state index contributed by atoms with van der Waals surface area (Å²) in [6.07, 6.45) is 1.11. The number of ether oxygens (including phenoxy) is 4. The molecule has 1 heterocycles. The van der Waals surface area contributed by atoms with Crippen molar-refractivity contribution in [1.82, 2.24) is 14.5 Å². The van der Waals surface area contributed by atoms with Gasteiger partial charge in [0.2, 0.25) is 0 Å². The molecule has 1 atom stereocenters. The fraction of sp³-hybridized carbons (Fsp3) is 0.500. The maximum atomic E-state index is 13.0. The molecule has 0 radical (unpaired) electrons. The molecule has 0 aliphatic heterocycles. The van der Waals surface area contributed by atoms with Crippen LogP contribution < -0.4 is 4.74 Å². The highest BCUT2D eigenvalue weighted by Gasteiger charge is 2.41. The molecule has 0 N–H and O–H groups in total. The largest absolute Gasteiger partial charge is 0.497 e. The Balaban J connectivity index is 2.39. The third-order valence-electron chi connectivity index (χ3n) is 4.37. The van der Waals surface area contributed by atoms with Crippen molar-refractivity contribution in [2.75, 3.05) is 14.2 Å². The number of imidazole rings is 1. The monoisotopic (exact) mass is 475 g/mol. The van der Waals surface area contributed by atoms with Gasteiger partial charge in [0.25, 0.3) is 0 Å². The van der Waals surface area contributed by atoms with Crippen molar-refractivity contribution < 1.29 is 33.3 Å². The van der Waals surface area contributed by atoms with Gasteiger partial charge < -0.3 is 23.5 Å². The van der Waals surface area contributed by atoms with E-state index in [9.17, 15) is 14.4 Å². The molecule has 34 heavy (non-hydrogen) atoms. The lowest BCUT2D eigenvalue weighted by atomic mass is 10.1. The standard InChI is InChI=1S/C24H33N3O7/c1-23(2,3)33-21(29)27(22(30)34-24(4,5)6)19(20(28)32-8)13-16-14-26(15-25-16)17-9-11-18(31-7)12-10-17/h9-12,14-15,19H,13H2,1-8H3/t19-/m1/s1. The molecule has 1 aromatic heterocycles. The number of nitrogens with zero attached hydrogens (tertiary/aromatic N) is 3. The first-order valence-corrected chi connectivity index (χ1v) is 10.7. The minimum atomic E-state index is -1.35. The second-order valence-corrected chi connectivity index (χ2v) is 9.54. The van der Waals surface area contributed by atoms with E-state index in [-0.39, 0.29) is 6.42 Å². The van der Waals surface area contributed by atoms with Gasteiger partial charge >= 0.3 is 18.2 Å². The van der Waals surface area contributed by atoms with Gasteiger partial charge in [0.15, 0.2) is 0 Å². The van der Waals surface area contributed by atoms with Crippen molar-refractivity contribution in [3.63, 3.8) is 0 Å². The summed E-state index contributed by atoms with van der Waals surface area (Å²) in [7, 11) is 2.76. The zero-order chi connectivity index (χ0) is 25.7. The van der Waals surface area contributed by atoms with Crippen LogP contribution in [-0.2, 0) is 25.4 Å². The van der Waals surface area contributed by atoms with Crippen molar-refractivity contribution in [1.29, 1.82) is 0 Å². The first-order valence-electron chi connectivity index (χ1n) is 10.7. The van der Waals surface area contributed by atoms with Gasteiger partial charge in [0.05, 0.1) is 26.2 Å². The van der Waals surface area contributed by atoms with Crippen molar-refractivity contribution >= 4 is 18.2 Å². The second-order valence-electron chi connectivity index (χ2n) is 9.54. The number of carbonyl (C=O) groups is 3. The summed E-state index contributed by atoms with van der Waals surface area (Å²) in [5.74, 6) is -0.101. The van der Waals surface area contributed by atoms with E-state index in [1.807, 2.05) is 12.1 Å². The highest BCUT2D eigenvalue weighted by molar-refractivity contribution is 5.94. The van der Waals surface area contributed by atoms with E-state index < -0.39 is 35.4 Å². The average Bonchev–Trinajstić information content (AvgIpc) is 3.18. The van der Waals surface area contributed by atoms with Gasteiger partial charge in [-0.15, -0.1) is 0 Å². The van der Waals surface area contributed by atoms with Crippen LogP contribution in [0.3, 0.4) is 0 Å². The van der Waals surface area contributed by atoms with Crippen molar-refractivity contribution in [3.8, 4) is 11.4 Å². The van der Waals surface area contributed by atoms with Crippen LogP contribution in [0.4, 0.5) is 9.59 Å². The minimum Gasteiger partial charge on any atom is -0.497 e. The topological polar surface area (TPSA) is 109 Å². The van der Waals surface area contributed by atoms with Crippen LogP contribution in [0, 0.1) is 0 Å². The Kier molecular flexibility index (Phi) is 8.31. The molecule has 0 spiro atoms. The molecule has 0 unspecified atom stereocenters. The number of hydrogen-bond acceptors (Lipinski definition) is 8. The Labute approximate surface area is 199 Å². The van der Waals surface area contributed by atoms with Gasteiger partial charge in [-0.2, -0.15) is 4.90 Å². The normalized spacial score (nSPS) is 12.5. The Morgan fingerprint density at radius 1 is 0.941 bits per heavy atom. The Morgan fingerprint density at radius 2 is 1.47 bits per heavy atom. The maximum Gasteiger partial charge on any atom is 0.420 e. The van der Waals surface area contributed by atoms with Crippen molar-refractivity contribution in [2.24, 2.45) is 0 Å². The van der Waals surface area contributed by atoms with Gasteiger partial charge in [-0.05, 0) is 65.8 Å². The number of carbonyl (C=O) groups excluding carboxylic acids is 3. The lowest BCUT2D eigenvalue weighted by molar-refractivity contribution is -0.146. The van der Waals surface area contributed by atoms with Gasteiger partial charge in [0, 0.05) is 18.3 Å². The SMILES string of the molecule is COC(=O)[C@@H](Cc1cn(-c2ccc(OC)cc2)cn1)N(C(=O)OC(C)(C)C)C(=O)OC(C)(C)C. The van der Waals surface area contributed by atoms with Gasteiger partial charge in [-0.25, -0.2) is 19.4 Å². The molecule has 0 aliphatic rings. The summed E-state index contributed by atoms with van der Waals surface area (Å²) < 4.78 is 22.6. The van der Waals surface area contributed by atoms with Crippen LogP contribution in [0.25, 0.3) is 5.69 Å². The molecule has 2 aromatic rings. The van der Waals surface area contributed by atoms with Crippen molar-refractivity contribution in [2.45, 2.75) is 65.2 Å². The van der Waals surface area contributed by atoms with Gasteiger partial charge in [0.1, 0.15) is 23.0 Å². The molecule has 0 saturated carbocycles. The lowest BCUT2D eigenvalue weighted by Gasteiger charge is -2.32. The zero-order valence-corrected chi connectivity index (χ0v) is 20.9. The maximum absolute atomic E-state index is 13.0. The number of imide groups is 1. The van der Waals surface area contributed by atoms with Crippen LogP contribution in [-0.4, -0.2) is 64.1 Å². The first kappa shape index (κ1) is 26.7. The summed E-state index contributed by atoms with van der Waals surface area (Å²) >= 11 is 0. The van der Waals surface area contributed by atoms with Gasteiger partial charge in [-0.3, -0.25) is 0 Å². The number of hydrogen-bond donors (Lipinski definition) is 0. The Bertz CT molecular complexity index is 973. The summed E-state index contributed by atoms with van der Waals surface area (Å²) in [5, 5.41) is 0. The fourth-order valence-corrected chi connectivity index (χ4v) is 2.93. The lowest BCUT2D eigenvalue weighted by Crippen LogP contribution is -2.53. The highest BCUT2D eigenvalue weighted by atomic mass is 16.6. The van der Waals surface area contributed by atoms with Crippen molar-refractivity contribution in [3.05, 3.63) is 42.5 Å². The highest BCUT2D eigenvalue weighted by Crippen LogP contribution is 2.21. The fourth-order valence-electron chi connectivity index (χ4n) is 2.93. The molecule has 0 bridgehead atoms. The predicted octanol–water partition coefficient (Wildman–Crippen LogP) is 4.14. The quantitative estimate of drug-likeness (QED) is 0.453. The number of rotatable bonds is 6. The number of amides is 2. The second kappa shape index (κ2) is 10.6. The van der Waals surface area contributed by atoms with E-state index in [1.54, 1.807) is 77.9 Å². The number of benzene rings is 1. The minimum absolute atomic E-state index is 0.103. The molecule has 0 saturated heterocycles. The molecule has 10 nitrogen and oxygen atoms in total. The van der Waals surface area contributed by atoms with Crippen LogP contribution in [0.2, 0.25) is 0 Å². The summed E-state index contributed by atoms with van der Waals surface area (Å²) in [5.41, 5.74) is -0.560. The van der Waals surface area contributed by atoms with E-state index in [0.717, 1.165) is 5.69 Å². The number of methoxy groups -OCH3 is 2. The Hall–Kier alpha value is -3.56. The van der Waals surface area contributed by atoms with Crippen LogP contribution in [0.15, 0.2) is 36.8 Å². The molecule has 0 aliphatic carbocycles. The number of aromatic nitrogens is 2. The predicted molar refractivity (Wildman–Crippen MR) is 124 cm³/mol. The average molecular weight is 476 g/mol. The molecule has 1 aromatic carbocycles. The van der Waals surface area contributed by atoms with Crippen LogP contribution in [0.5, 0.6) is 5.75 Å². The first-order chi connectivity index (χ1) is 15.7. The Morgan fingerprint density at radius 3 is 1.91 bits per heavy atom. The van der Waals surface area contributed by atoms with Gasteiger partial charge in [-0.1, -0.05) is 0 Å². The summed E-state index contributed by atoms with van der Waals surface area (Å²) in [6.45, 7) is 9.93. The molecule has 186 valence electrons. The zero-order valence-electron chi connectivity index (χ0n) is 20.9. The molecular formula is C24H33N3O7. The molecule has 2 rings (SSSR count). The third kappa shape index (κ3) is 7.50. The van der Waals surface area contributed by atoms with E-state index in [1.165, 1.54) is 7.11 Å². The van der Waals surface area contributed by atoms with Crippen LogP contribution >= 0.6 is 0 Å². The third-order valence-corrected chi connectivity index (χ3v) is 4.37. The van der Waals surface area contributed by atoms with Crippen LogP contribution in [0.1, 0.15) is 47.2 Å². The van der Waals surface area contributed by atoms with E-state index >= 15 is 0 Å². The smallest absolute Gasteiger partial charge is 0.420 e. The molecule has 2 amide bonds. The molecule has 10 heteroatoms. The van der Waals surface area contributed by atoms with E-state index in [4.69, 9.17) is 18.9 Å².